The van der Waals surface area contributed by atoms with E-state index in [9.17, 15) is 0 Å². The zero-order valence-electron chi connectivity index (χ0n) is 29.3. The third-order valence-corrected chi connectivity index (χ3v) is 12.4. The molecule has 13 aromatic carbocycles. The van der Waals surface area contributed by atoms with Crippen molar-refractivity contribution in [1.82, 2.24) is 0 Å². The van der Waals surface area contributed by atoms with Gasteiger partial charge >= 0.3 is 0 Å². The van der Waals surface area contributed by atoms with Crippen LogP contribution in [0.1, 0.15) is 0 Å². The van der Waals surface area contributed by atoms with Gasteiger partial charge in [-0.05, 0) is 161 Å². The van der Waals surface area contributed by atoms with Gasteiger partial charge in [-0.1, -0.05) is 152 Å². The van der Waals surface area contributed by atoms with E-state index in [1.54, 1.807) is 0 Å². The van der Waals surface area contributed by atoms with Gasteiger partial charge in [-0.25, -0.2) is 0 Å². The minimum Gasteiger partial charge on any atom is -0.0622 e. The smallest absolute Gasteiger partial charge is 0.000741 e. The van der Waals surface area contributed by atoms with Gasteiger partial charge in [0.05, 0.1) is 0 Å². The Labute approximate surface area is 311 Å². The molecule has 13 aromatic rings. The molecule has 0 heterocycles. The first-order valence-electron chi connectivity index (χ1n) is 18.9. The topological polar surface area (TPSA) is 0 Å². The third kappa shape index (κ3) is 3.62. The van der Waals surface area contributed by atoms with Crippen LogP contribution in [0.25, 0.3) is 130 Å². The molecule has 0 N–H and O–H groups in total. The largest absolute Gasteiger partial charge is 0.0622 e. The normalized spacial score (nSPS) is 12.4. The number of hydrogen-bond donors (Lipinski definition) is 0. The zero-order chi connectivity index (χ0) is 35.1. The van der Waals surface area contributed by atoms with Gasteiger partial charge in [0.15, 0.2) is 0 Å². The van der Waals surface area contributed by atoms with Crippen molar-refractivity contribution in [2.45, 2.75) is 0 Å². The average Bonchev–Trinajstić information content (AvgIpc) is 3.73. The number of benzene rings is 11. The van der Waals surface area contributed by atoms with Crippen molar-refractivity contribution in [3.05, 3.63) is 182 Å². The van der Waals surface area contributed by atoms with Gasteiger partial charge in [-0.3, -0.25) is 0 Å². The standard InChI is InChI=1S/C54H30/c1-4-12-31(13-5-1)37-26-36-23-22-35-24-25-39-42-29-45-46(30-43(42)44-28-38(27-37)47(36)51(35)52(39)44)50(34-16-8-3-9-17-34)54-41-21-11-19-32-18-10-20-40(48(32)41)53(54)49(45)33-14-6-2-7-15-33/h1-30H. The van der Waals surface area contributed by atoms with Crippen LogP contribution in [-0.4, -0.2) is 0 Å². The maximum absolute atomic E-state index is 2.55. The Bertz CT molecular complexity index is 3610. The molecule has 0 bridgehead atoms. The van der Waals surface area contributed by atoms with Crippen LogP contribution in [0.15, 0.2) is 182 Å². The van der Waals surface area contributed by atoms with E-state index in [0.717, 1.165) is 0 Å². The van der Waals surface area contributed by atoms with Gasteiger partial charge < -0.3 is 0 Å². The number of rotatable bonds is 3. The first-order valence-corrected chi connectivity index (χ1v) is 18.9. The van der Waals surface area contributed by atoms with E-state index >= 15 is 0 Å². The van der Waals surface area contributed by atoms with Crippen LogP contribution in [0.2, 0.25) is 0 Å². The first-order chi connectivity index (χ1) is 26.8. The van der Waals surface area contributed by atoms with E-state index in [1.807, 2.05) is 0 Å². The lowest BCUT2D eigenvalue weighted by Crippen LogP contribution is -1.89. The maximum Gasteiger partial charge on any atom is -0.000741 e. The number of fused-ring (bicyclic) bond motifs is 7. The molecule has 0 aliphatic rings. The molecule has 0 nitrogen and oxygen atoms in total. The highest BCUT2D eigenvalue weighted by molar-refractivity contribution is 6.44. The van der Waals surface area contributed by atoms with Crippen LogP contribution >= 0.6 is 0 Å². The second kappa shape index (κ2) is 10.3. The second-order valence-corrected chi connectivity index (χ2v) is 15.1. The fourth-order valence-electron chi connectivity index (χ4n) is 10.3. The number of hydrogen-bond acceptors (Lipinski definition) is 0. The molecule has 0 atom stereocenters. The van der Waals surface area contributed by atoms with Crippen LogP contribution in [0.4, 0.5) is 0 Å². The van der Waals surface area contributed by atoms with Crippen molar-refractivity contribution in [2.75, 3.05) is 0 Å². The quantitative estimate of drug-likeness (QED) is 0.163. The molecular weight excluding hydrogens is 649 g/mol. The molecule has 0 aliphatic carbocycles. The van der Waals surface area contributed by atoms with Crippen molar-refractivity contribution in [2.24, 2.45) is 0 Å². The Kier molecular flexibility index (Phi) is 5.45. The molecule has 0 radical (unpaired) electrons. The molecule has 0 spiro atoms. The molecule has 0 saturated heterocycles. The molecule has 0 aliphatic heterocycles. The predicted octanol–water partition coefficient (Wildman–Crippen LogP) is 15.4. The van der Waals surface area contributed by atoms with Crippen molar-refractivity contribution in [3.63, 3.8) is 0 Å². The summed E-state index contributed by atoms with van der Waals surface area (Å²) >= 11 is 0. The van der Waals surface area contributed by atoms with Crippen LogP contribution in [0.3, 0.4) is 0 Å². The van der Waals surface area contributed by atoms with Crippen molar-refractivity contribution in [1.29, 1.82) is 0 Å². The Hall–Kier alpha value is -7.02. The van der Waals surface area contributed by atoms with Gasteiger partial charge in [-0.2, -0.15) is 0 Å². The highest BCUT2D eigenvalue weighted by Crippen LogP contribution is 2.54. The molecule has 0 heteroatoms. The van der Waals surface area contributed by atoms with E-state index in [2.05, 4.69) is 182 Å². The summed E-state index contributed by atoms with van der Waals surface area (Å²) < 4.78 is 0. The molecule has 0 aromatic heterocycles. The van der Waals surface area contributed by atoms with Crippen LogP contribution < -0.4 is 0 Å². The molecule has 246 valence electrons. The summed E-state index contributed by atoms with van der Waals surface area (Å²) in [6.45, 7) is 0. The zero-order valence-corrected chi connectivity index (χ0v) is 29.3. The van der Waals surface area contributed by atoms with E-state index < -0.39 is 0 Å². The summed E-state index contributed by atoms with van der Waals surface area (Å²) in [5.74, 6) is 0. The fourth-order valence-corrected chi connectivity index (χ4v) is 10.3. The monoisotopic (exact) mass is 678 g/mol. The summed E-state index contributed by atoms with van der Waals surface area (Å²) in [4.78, 5) is 0. The van der Waals surface area contributed by atoms with Gasteiger partial charge in [0.25, 0.3) is 0 Å². The van der Waals surface area contributed by atoms with Crippen LogP contribution in [0.5, 0.6) is 0 Å². The Morgan fingerprint density at radius 2 is 0.704 bits per heavy atom. The van der Waals surface area contributed by atoms with Gasteiger partial charge in [-0.15, -0.1) is 0 Å². The van der Waals surface area contributed by atoms with E-state index in [0.29, 0.717) is 0 Å². The predicted molar refractivity (Wildman–Crippen MR) is 234 cm³/mol. The van der Waals surface area contributed by atoms with Crippen LogP contribution in [-0.2, 0) is 0 Å². The Balaban J connectivity index is 1.28. The minimum absolute atomic E-state index is 1.25. The fraction of sp³-hybridized carbons (Fsp3) is 0. The lowest BCUT2D eigenvalue weighted by atomic mass is 9.85. The van der Waals surface area contributed by atoms with Gasteiger partial charge in [0.2, 0.25) is 0 Å². The first kappa shape index (κ1) is 28.6. The van der Waals surface area contributed by atoms with E-state index in [1.165, 1.54) is 130 Å². The second-order valence-electron chi connectivity index (χ2n) is 15.1. The molecular formula is C54H30. The summed E-state index contributed by atoms with van der Waals surface area (Å²) in [5, 5.41) is 23.9. The van der Waals surface area contributed by atoms with E-state index in [4.69, 9.17) is 0 Å². The summed E-state index contributed by atoms with van der Waals surface area (Å²) in [5.41, 5.74) is 7.65. The van der Waals surface area contributed by atoms with E-state index in [-0.39, 0.29) is 0 Å². The molecule has 0 amide bonds. The summed E-state index contributed by atoms with van der Waals surface area (Å²) in [6.07, 6.45) is 0. The third-order valence-electron chi connectivity index (χ3n) is 12.4. The maximum atomic E-state index is 2.55. The van der Waals surface area contributed by atoms with Crippen molar-refractivity contribution in [3.8, 4) is 33.4 Å². The Morgan fingerprint density at radius 3 is 1.33 bits per heavy atom. The lowest BCUT2D eigenvalue weighted by Gasteiger charge is -2.17. The highest BCUT2D eigenvalue weighted by atomic mass is 14.3. The van der Waals surface area contributed by atoms with Crippen molar-refractivity contribution >= 4 is 97.0 Å². The summed E-state index contributed by atoms with van der Waals surface area (Å²) in [7, 11) is 0. The molecule has 0 fully saturated rings. The molecule has 0 unspecified atom stereocenters. The minimum atomic E-state index is 1.25. The van der Waals surface area contributed by atoms with Gasteiger partial charge in [0.1, 0.15) is 0 Å². The van der Waals surface area contributed by atoms with Gasteiger partial charge in [0, 0.05) is 0 Å². The molecule has 0 saturated carbocycles. The van der Waals surface area contributed by atoms with Crippen LogP contribution in [0, 0.1) is 0 Å². The van der Waals surface area contributed by atoms with Crippen molar-refractivity contribution < 1.29 is 0 Å². The highest BCUT2D eigenvalue weighted by Gasteiger charge is 2.25. The lowest BCUT2D eigenvalue weighted by molar-refractivity contribution is 1.66. The SMILES string of the molecule is c1ccc(-c2cc3ccc4ccc5c6cc7c(-c8ccccc8)c8c9cccc%10cccc(c8c(-c8ccccc8)c7cc6c6cc(c2)c3c4c56)c%109)cc1. The molecule has 13 rings (SSSR count). The Morgan fingerprint density at radius 1 is 0.185 bits per heavy atom. The summed E-state index contributed by atoms with van der Waals surface area (Å²) in [6, 6.07) is 68.4. The average molecular weight is 679 g/mol. The molecule has 54 heavy (non-hydrogen) atoms.